The molecule has 9 heteroatoms. The minimum Gasteiger partial charge on any atom is -0.373 e. The topological polar surface area (TPSA) is 104 Å². The molecule has 8 nitrogen and oxygen atoms in total. The molecule has 2 heterocycles. The Morgan fingerprint density at radius 1 is 1.29 bits per heavy atom. The minimum atomic E-state index is -3.40. The molecule has 0 saturated carbocycles. The maximum Gasteiger partial charge on any atom is 0.220 e. The van der Waals surface area contributed by atoms with E-state index in [9.17, 15) is 13.2 Å². The Balaban J connectivity index is 1.38. The molecule has 2 atom stereocenters. The Hall–Kier alpha value is -1.97. The van der Waals surface area contributed by atoms with Gasteiger partial charge in [-0.1, -0.05) is 12.1 Å². The summed E-state index contributed by atoms with van der Waals surface area (Å²) < 4.78 is 31.9. The summed E-state index contributed by atoms with van der Waals surface area (Å²) in [5.74, 6) is 0.615. The second-order valence-electron chi connectivity index (χ2n) is 7.29. The summed E-state index contributed by atoms with van der Waals surface area (Å²) in [5, 5.41) is 2.71. The number of aromatic amines is 1. The number of aromatic nitrogens is 2. The SMILES string of the molecule is C[C@H]1CN(S(=O)(=O)CCNC(=O)CCCc2nc3ccccc3[nH]2)C[C@H](C)O1. The van der Waals surface area contributed by atoms with Crippen molar-refractivity contribution in [2.75, 3.05) is 25.4 Å². The predicted molar refractivity (Wildman–Crippen MR) is 107 cm³/mol. The smallest absolute Gasteiger partial charge is 0.220 e. The van der Waals surface area contributed by atoms with Crippen molar-refractivity contribution < 1.29 is 17.9 Å². The van der Waals surface area contributed by atoms with Gasteiger partial charge in [0.1, 0.15) is 5.82 Å². The number of benzene rings is 1. The third kappa shape index (κ3) is 5.52. The summed E-state index contributed by atoms with van der Waals surface area (Å²) in [7, 11) is -3.40. The van der Waals surface area contributed by atoms with E-state index >= 15 is 0 Å². The van der Waals surface area contributed by atoms with Crippen LogP contribution in [0.25, 0.3) is 11.0 Å². The van der Waals surface area contributed by atoms with E-state index in [0.29, 0.717) is 32.4 Å². The standard InChI is InChI=1S/C19H28N4O4S/c1-14-12-23(13-15(2)27-14)28(25,26)11-10-20-19(24)9-5-8-18-21-16-6-3-4-7-17(16)22-18/h3-4,6-7,14-15H,5,8-13H2,1-2H3,(H,20,24)(H,21,22)/t14-,15-/m0/s1. The molecule has 1 saturated heterocycles. The maximum atomic E-state index is 12.4. The normalized spacial score (nSPS) is 21.1. The van der Waals surface area contributed by atoms with Gasteiger partial charge in [0.15, 0.2) is 0 Å². The number of nitrogens with zero attached hydrogens (tertiary/aromatic N) is 2. The highest BCUT2D eigenvalue weighted by Crippen LogP contribution is 2.15. The van der Waals surface area contributed by atoms with Gasteiger partial charge in [-0.2, -0.15) is 4.31 Å². The van der Waals surface area contributed by atoms with Gasteiger partial charge in [0, 0.05) is 32.5 Å². The van der Waals surface area contributed by atoms with Crippen LogP contribution >= 0.6 is 0 Å². The van der Waals surface area contributed by atoms with Gasteiger partial charge in [0.25, 0.3) is 0 Å². The van der Waals surface area contributed by atoms with E-state index in [1.54, 1.807) is 0 Å². The fraction of sp³-hybridized carbons (Fsp3) is 0.579. The second kappa shape index (κ2) is 9.02. The quantitative estimate of drug-likeness (QED) is 0.688. The molecule has 2 aromatic rings. The number of fused-ring (bicyclic) bond motifs is 1. The van der Waals surface area contributed by atoms with Gasteiger partial charge in [-0.15, -0.1) is 0 Å². The molecular weight excluding hydrogens is 380 g/mol. The maximum absolute atomic E-state index is 12.4. The number of nitrogens with one attached hydrogen (secondary N) is 2. The van der Waals surface area contributed by atoms with Crippen molar-refractivity contribution in [2.24, 2.45) is 0 Å². The molecule has 0 bridgehead atoms. The van der Waals surface area contributed by atoms with Gasteiger partial charge in [0.2, 0.25) is 15.9 Å². The number of aryl methyl sites for hydroxylation is 1. The number of H-pyrrole nitrogens is 1. The van der Waals surface area contributed by atoms with Crippen molar-refractivity contribution in [1.29, 1.82) is 0 Å². The number of carbonyl (C=O) groups excluding carboxylic acids is 1. The summed E-state index contributed by atoms with van der Waals surface area (Å²) in [5.41, 5.74) is 1.90. The van der Waals surface area contributed by atoms with E-state index in [1.807, 2.05) is 38.1 Å². The van der Waals surface area contributed by atoms with Crippen molar-refractivity contribution in [3.8, 4) is 0 Å². The Kier molecular flexibility index (Phi) is 6.69. The highest BCUT2D eigenvalue weighted by Gasteiger charge is 2.30. The molecule has 0 spiro atoms. The van der Waals surface area contributed by atoms with Crippen molar-refractivity contribution in [3.63, 3.8) is 0 Å². The highest BCUT2D eigenvalue weighted by molar-refractivity contribution is 7.89. The number of sulfonamides is 1. The van der Waals surface area contributed by atoms with Crippen LogP contribution in [-0.2, 0) is 26.0 Å². The van der Waals surface area contributed by atoms with E-state index in [2.05, 4.69) is 15.3 Å². The first-order valence-corrected chi connectivity index (χ1v) is 11.3. The molecule has 1 fully saturated rings. The fourth-order valence-electron chi connectivity index (χ4n) is 3.44. The van der Waals surface area contributed by atoms with Crippen LogP contribution in [0, 0.1) is 0 Å². The lowest BCUT2D eigenvalue weighted by molar-refractivity contribution is -0.121. The molecule has 2 N–H and O–H groups in total. The highest BCUT2D eigenvalue weighted by atomic mass is 32.2. The zero-order valence-corrected chi connectivity index (χ0v) is 17.2. The molecule has 1 amide bonds. The number of hydrogen-bond acceptors (Lipinski definition) is 5. The van der Waals surface area contributed by atoms with E-state index in [4.69, 9.17) is 4.74 Å². The van der Waals surface area contributed by atoms with E-state index in [1.165, 1.54) is 4.31 Å². The zero-order valence-electron chi connectivity index (χ0n) is 16.3. The van der Waals surface area contributed by atoms with Crippen LogP contribution in [0.5, 0.6) is 0 Å². The predicted octanol–water partition coefficient (Wildman–Crippen LogP) is 1.44. The largest absolute Gasteiger partial charge is 0.373 e. The van der Waals surface area contributed by atoms with Crippen LogP contribution in [0.1, 0.15) is 32.5 Å². The van der Waals surface area contributed by atoms with Gasteiger partial charge >= 0.3 is 0 Å². The number of hydrogen-bond donors (Lipinski definition) is 2. The monoisotopic (exact) mass is 408 g/mol. The van der Waals surface area contributed by atoms with E-state index < -0.39 is 10.0 Å². The molecular formula is C19H28N4O4S. The second-order valence-corrected chi connectivity index (χ2v) is 9.38. The summed E-state index contributed by atoms with van der Waals surface area (Å²) >= 11 is 0. The van der Waals surface area contributed by atoms with Gasteiger partial charge in [0.05, 0.1) is 29.0 Å². The van der Waals surface area contributed by atoms with Crippen molar-refractivity contribution in [3.05, 3.63) is 30.1 Å². The molecule has 28 heavy (non-hydrogen) atoms. The Morgan fingerprint density at radius 2 is 2.00 bits per heavy atom. The molecule has 0 radical (unpaired) electrons. The van der Waals surface area contributed by atoms with Gasteiger partial charge in [-0.05, 0) is 32.4 Å². The molecule has 1 aromatic carbocycles. The zero-order chi connectivity index (χ0) is 20.1. The fourth-order valence-corrected chi connectivity index (χ4v) is 4.93. The average molecular weight is 409 g/mol. The molecule has 1 aliphatic heterocycles. The number of amides is 1. The Labute approximate surface area is 165 Å². The number of para-hydroxylation sites is 2. The van der Waals surface area contributed by atoms with Crippen LogP contribution in [0.15, 0.2) is 24.3 Å². The summed E-state index contributed by atoms with van der Waals surface area (Å²) in [6, 6.07) is 7.80. The third-order valence-corrected chi connectivity index (χ3v) is 6.52. The summed E-state index contributed by atoms with van der Waals surface area (Å²) in [4.78, 5) is 19.7. The molecule has 1 aromatic heterocycles. The molecule has 1 aliphatic rings. The first kappa shape index (κ1) is 20.8. The molecule has 0 unspecified atom stereocenters. The summed E-state index contributed by atoms with van der Waals surface area (Å²) in [6.45, 7) is 4.56. The number of ether oxygens (including phenoxy) is 1. The van der Waals surface area contributed by atoms with Crippen LogP contribution in [0.4, 0.5) is 0 Å². The number of morpholine rings is 1. The van der Waals surface area contributed by atoms with Crippen LogP contribution in [0.2, 0.25) is 0 Å². The van der Waals surface area contributed by atoms with Crippen LogP contribution < -0.4 is 5.32 Å². The van der Waals surface area contributed by atoms with Gasteiger partial charge < -0.3 is 15.0 Å². The number of imidazole rings is 1. The lowest BCUT2D eigenvalue weighted by Gasteiger charge is -2.34. The molecule has 154 valence electrons. The Morgan fingerprint density at radius 3 is 2.71 bits per heavy atom. The van der Waals surface area contributed by atoms with Gasteiger partial charge in [-0.25, -0.2) is 13.4 Å². The third-order valence-electron chi connectivity index (χ3n) is 4.72. The van der Waals surface area contributed by atoms with Gasteiger partial charge in [-0.3, -0.25) is 4.79 Å². The van der Waals surface area contributed by atoms with E-state index in [-0.39, 0.29) is 30.4 Å². The number of rotatable bonds is 8. The Bertz CT molecular complexity index is 869. The molecule has 3 rings (SSSR count). The first-order valence-electron chi connectivity index (χ1n) is 9.67. The van der Waals surface area contributed by atoms with Crippen molar-refractivity contribution >= 4 is 27.0 Å². The minimum absolute atomic E-state index is 0.0955. The lowest BCUT2D eigenvalue weighted by Crippen LogP contribution is -2.49. The van der Waals surface area contributed by atoms with Crippen molar-refractivity contribution in [2.45, 2.75) is 45.3 Å². The average Bonchev–Trinajstić information content (AvgIpc) is 3.03. The van der Waals surface area contributed by atoms with Crippen LogP contribution in [0.3, 0.4) is 0 Å². The van der Waals surface area contributed by atoms with E-state index in [0.717, 1.165) is 16.9 Å². The first-order chi connectivity index (χ1) is 13.3. The lowest BCUT2D eigenvalue weighted by atomic mass is 10.2. The summed E-state index contributed by atoms with van der Waals surface area (Å²) in [6.07, 6.45) is 1.42. The van der Waals surface area contributed by atoms with Crippen molar-refractivity contribution in [1.82, 2.24) is 19.6 Å². The number of carbonyl (C=O) groups is 1. The van der Waals surface area contributed by atoms with Crippen LogP contribution in [-0.4, -0.2) is 66.2 Å². The molecule has 0 aliphatic carbocycles.